The fourth-order valence-electron chi connectivity index (χ4n) is 0.923. The molecule has 0 aromatic carbocycles. The van der Waals surface area contributed by atoms with E-state index in [9.17, 15) is 4.39 Å². The summed E-state index contributed by atoms with van der Waals surface area (Å²) in [6.07, 6.45) is 4.88. The van der Waals surface area contributed by atoms with Gasteiger partial charge in [-0.1, -0.05) is 5.92 Å². The number of hydrogen-bond donors (Lipinski definition) is 2. The van der Waals surface area contributed by atoms with Gasteiger partial charge in [-0.25, -0.2) is 4.98 Å². The van der Waals surface area contributed by atoms with Crippen LogP contribution in [0.5, 0.6) is 0 Å². The molecular weight excluding hydrogens is 228 g/mol. The molecule has 1 aromatic rings. The van der Waals surface area contributed by atoms with Crippen LogP contribution in [0, 0.1) is 25.3 Å². The standard InChI is InChI=1S/C8H10FN3.2ClH/c1-3-6(10)4-7-5(2)11-8(9)12-7;;/h1,6H,4,10H2,2H3,(H,11,12);2*1H. The third kappa shape index (κ3) is 3.97. The van der Waals surface area contributed by atoms with Gasteiger partial charge in [0.15, 0.2) is 0 Å². The van der Waals surface area contributed by atoms with Gasteiger partial charge in [0, 0.05) is 12.1 Å². The van der Waals surface area contributed by atoms with Crippen LogP contribution in [0.3, 0.4) is 0 Å². The maximum Gasteiger partial charge on any atom is 0.286 e. The average molecular weight is 240 g/mol. The van der Waals surface area contributed by atoms with Gasteiger partial charge in [-0.2, -0.15) is 4.39 Å². The average Bonchev–Trinajstić information content (AvgIpc) is 2.30. The minimum atomic E-state index is -0.591. The molecule has 6 heteroatoms. The van der Waals surface area contributed by atoms with Gasteiger partial charge in [-0.05, 0) is 6.92 Å². The minimum absolute atomic E-state index is 0. The number of rotatable bonds is 2. The van der Waals surface area contributed by atoms with Crippen molar-refractivity contribution in [1.82, 2.24) is 9.97 Å². The zero-order chi connectivity index (χ0) is 9.14. The number of halogens is 3. The topological polar surface area (TPSA) is 54.7 Å². The highest BCUT2D eigenvalue weighted by atomic mass is 35.5. The summed E-state index contributed by atoms with van der Waals surface area (Å²) in [7, 11) is 0. The maximum absolute atomic E-state index is 12.5. The van der Waals surface area contributed by atoms with Crippen molar-refractivity contribution in [2.75, 3.05) is 0 Å². The summed E-state index contributed by atoms with van der Waals surface area (Å²) in [6.45, 7) is 1.73. The Labute approximate surface area is 94.5 Å². The first-order valence-electron chi connectivity index (χ1n) is 3.56. The number of H-pyrrole nitrogens is 1. The van der Waals surface area contributed by atoms with E-state index >= 15 is 0 Å². The van der Waals surface area contributed by atoms with Gasteiger partial charge in [0.25, 0.3) is 6.08 Å². The first-order valence-corrected chi connectivity index (χ1v) is 3.56. The summed E-state index contributed by atoms with van der Waals surface area (Å²) in [6, 6.07) is -0.397. The highest BCUT2D eigenvalue weighted by molar-refractivity contribution is 5.85. The molecule has 0 spiro atoms. The molecule has 1 rings (SSSR count). The van der Waals surface area contributed by atoms with Crippen LogP contribution in [0.2, 0.25) is 0 Å². The van der Waals surface area contributed by atoms with Crippen LogP contribution >= 0.6 is 24.8 Å². The molecule has 1 atom stereocenters. The molecule has 0 fully saturated rings. The van der Waals surface area contributed by atoms with Gasteiger partial charge in [0.1, 0.15) is 0 Å². The molecule has 0 saturated carbocycles. The van der Waals surface area contributed by atoms with Crippen LogP contribution in [-0.2, 0) is 6.42 Å². The number of terminal acetylenes is 1. The SMILES string of the molecule is C#CC(N)Cc1nc(F)[nH]c1C.Cl.Cl. The minimum Gasteiger partial charge on any atom is -0.318 e. The van der Waals surface area contributed by atoms with Gasteiger partial charge in [-0.15, -0.1) is 31.2 Å². The molecule has 1 unspecified atom stereocenters. The number of nitrogens with two attached hydrogens (primary N) is 1. The van der Waals surface area contributed by atoms with E-state index in [2.05, 4.69) is 15.9 Å². The zero-order valence-corrected chi connectivity index (χ0v) is 9.21. The van der Waals surface area contributed by atoms with Crippen LogP contribution in [-0.4, -0.2) is 16.0 Å². The number of aryl methyl sites for hydroxylation is 1. The summed E-state index contributed by atoms with van der Waals surface area (Å²) in [4.78, 5) is 6.04. The number of hydrogen-bond acceptors (Lipinski definition) is 2. The monoisotopic (exact) mass is 239 g/mol. The predicted molar refractivity (Wildman–Crippen MR) is 58.3 cm³/mol. The second-order valence-corrected chi connectivity index (χ2v) is 2.58. The zero-order valence-electron chi connectivity index (χ0n) is 7.58. The molecule has 1 aromatic heterocycles. The molecule has 3 nitrogen and oxygen atoms in total. The van der Waals surface area contributed by atoms with Gasteiger partial charge < -0.3 is 10.7 Å². The maximum atomic E-state index is 12.5. The van der Waals surface area contributed by atoms with Crippen LogP contribution in [0.4, 0.5) is 4.39 Å². The van der Waals surface area contributed by atoms with E-state index in [0.717, 1.165) is 0 Å². The molecule has 80 valence electrons. The number of nitrogens with one attached hydrogen (secondary N) is 1. The molecule has 0 aliphatic carbocycles. The highest BCUT2D eigenvalue weighted by Crippen LogP contribution is 2.05. The first kappa shape index (κ1) is 15.7. The van der Waals surface area contributed by atoms with Crippen molar-refractivity contribution >= 4 is 24.8 Å². The lowest BCUT2D eigenvalue weighted by atomic mass is 10.1. The van der Waals surface area contributed by atoms with Crippen molar-refractivity contribution in [2.45, 2.75) is 19.4 Å². The van der Waals surface area contributed by atoms with Crippen molar-refractivity contribution < 1.29 is 4.39 Å². The Balaban J connectivity index is 0. The number of aromatic amines is 1. The van der Waals surface area contributed by atoms with Crippen LogP contribution in [0.1, 0.15) is 11.4 Å². The molecule has 14 heavy (non-hydrogen) atoms. The van der Waals surface area contributed by atoms with E-state index in [1.807, 2.05) is 0 Å². The van der Waals surface area contributed by atoms with Gasteiger partial charge in [0.05, 0.1) is 11.7 Å². The van der Waals surface area contributed by atoms with E-state index < -0.39 is 12.1 Å². The van der Waals surface area contributed by atoms with Crippen molar-refractivity contribution in [3.8, 4) is 12.3 Å². The Morgan fingerprint density at radius 3 is 2.57 bits per heavy atom. The first-order chi connectivity index (χ1) is 5.63. The molecule has 0 bridgehead atoms. The van der Waals surface area contributed by atoms with Gasteiger partial charge in [-0.3, -0.25) is 0 Å². The Kier molecular flexibility index (Phi) is 7.47. The largest absolute Gasteiger partial charge is 0.318 e. The highest BCUT2D eigenvalue weighted by Gasteiger charge is 2.08. The van der Waals surface area contributed by atoms with Crippen molar-refractivity contribution in [2.24, 2.45) is 5.73 Å². The predicted octanol–water partition coefficient (Wildman–Crippen LogP) is 1.20. The Hall–Kier alpha value is -0.760. The fourth-order valence-corrected chi connectivity index (χ4v) is 0.923. The van der Waals surface area contributed by atoms with E-state index in [4.69, 9.17) is 12.2 Å². The molecule has 0 amide bonds. The van der Waals surface area contributed by atoms with Crippen LogP contribution in [0.15, 0.2) is 0 Å². The van der Waals surface area contributed by atoms with E-state index in [0.29, 0.717) is 17.8 Å². The van der Waals surface area contributed by atoms with Crippen LogP contribution < -0.4 is 5.73 Å². The number of nitrogens with zero attached hydrogens (tertiary/aromatic N) is 1. The molecular formula is C8H12Cl2FN3. The normalized spacial score (nSPS) is 10.7. The summed E-state index contributed by atoms with van der Waals surface area (Å²) in [5, 5.41) is 0. The molecule has 0 aliphatic rings. The van der Waals surface area contributed by atoms with Crippen molar-refractivity contribution in [1.29, 1.82) is 0 Å². The second kappa shape index (κ2) is 6.66. The van der Waals surface area contributed by atoms with E-state index in [-0.39, 0.29) is 24.8 Å². The quantitative estimate of drug-likeness (QED) is 0.763. The van der Waals surface area contributed by atoms with Crippen molar-refractivity contribution in [3.63, 3.8) is 0 Å². The Morgan fingerprint density at radius 2 is 2.21 bits per heavy atom. The third-order valence-corrected chi connectivity index (χ3v) is 1.58. The molecule has 1 heterocycles. The summed E-state index contributed by atoms with van der Waals surface area (Å²) in [5.41, 5.74) is 6.74. The summed E-state index contributed by atoms with van der Waals surface area (Å²) in [5.74, 6) is 2.35. The Morgan fingerprint density at radius 1 is 1.64 bits per heavy atom. The number of aromatic nitrogens is 2. The lowest BCUT2D eigenvalue weighted by molar-refractivity contribution is 0.548. The fraction of sp³-hybridized carbons (Fsp3) is 0.375. The lowest BCUT2D eigenvalue weighted by Crippen LogP contribution is -2.20. The third-order valence-electron chi connectivity index (χ3n) is 1.58. The Bertz CT molecular complexity index is 319. The van der Waals surface area contributed by atoms with Crippen molar-refractivity contribution in [3.05, 3.63) is 17.5 Å². The van der Waals surface area contributed by atoms with Gasteiger partial charge >= 0.3 is 0 Å². The molecule has 0 aliphatic heterocycles. The lowest BCUT2D eigenvalue weighted by Gasteiger charge is -2.00. The van der Waals surface area contributed by atoms with Crippen LogP contribution in [0.25, 0.3) is 0 Å². The van der Waals surface area contributed by atoms with Gasteiger partial charge in [0.2, 0.25) is 0 Å². The summed E-state index contributed by atoms with van der Waals surface area (Å²) < 4.78 is 12.5. The molecule has 0 saturated heterocycles. The molecule has 0 radical (unpaired) electrons. The van der Waals surface area contributed by atoms with E-state index in [1.54, 1.807) is 6.92 Å². The second-order valence-electron chi connectivity index (χ2n) is 2.58. The van der Waals surface area contributed by atoms with E-state index in [1.165, 1.54) is 0 Å². The summed E-state index contributed by atoms with van der Waals surface area (Å²) >= 11 is 0. The molecule has 3 N–H and O–H groups in total. The smallest absolute Gasteiger partial charge is 0.286 e. The number of imidazole rings is 1.